The van der Waals surface area contributed by atoms with E-state index in [0.29, 0.717) is 28.8 Å². The van der Waals surface area contributed by atoms with Gasteiger partial charge in [0.2, 0.25) is 0 Å². The van der Waals surface area contributed by atoms with Crippen molar-refractivity contribution in [2.24, 2.45) is 7.05 Å². The summed E-state index contributed by atoms with van der Waals surface area (Å²) in [6.07, 6.45) is 0. The number of aryl methyl sites for hydroxylation is 2. The quantitative estimate of drug-likeness (QED) is 0.770. The molecule has 3 rings (SSSR count). The highest BCUT2D eigenvalue weighted by Gasteiger charge is 2.17. The second-order valence-electron chi connectivity index (χ2n) is 4.77. The van der Waals surface area contributed by atoms with Crippen LogP contribution in [0, 0.1) is 6.92 Å². The molecule has 0 aliphatic carbocycles. The molecule has 21 heavy (non-hydrogen) atoms. The lowest BCUT2D eigenvalue weighted by Gasteiger charge is -2.06. The van der Waals surface area contributed by atoms with E-state index < -0.39 is 0 Å². The first-order valence-corrected chi connectivity index (χ1v) is 7.31. The zero-order valence-electron chi connectivity index (χ0n) is 11.6. The molecule has 0 bridgehead atoms. The number of rotatable bonds is 3. The molecule has 0 unspecified atom stereocenters. The summed E-state index contributed by atoms with van der Waals surface area (Å²) in [5.41, 5.74) is 1.23. The predicted molar refractivity (Wildman–Crippen MR) is 81.6 cm³/mol. The van der Waals surface area contributed by atoms with Gasteiger partial charge < -0.3 is 5.32 Å². The number of carbonyl (C=O) groups is 1. The Morgan fingerprint density at radius 1 is 1.52 bits per heavy atom. The van der Waals surface area contributed by atoms with Crippen LogP contribution in [-0.4, -0.2) is 20.7 Å². The van der Waals surface area contributed by atoms with Gasteiger partial charge in [-0.15, -0.1) is 11.3 Å². The number of pyridine rings is 1. The average molecular weight is 302 g/mol. The highest BCUT2D eigenvalue weighted by atomic mass is 32.1. The SMILES string of the molecule is Cc1cc(C(=O)NCc2cccs2)c2c(=O)[nH]n(C)c2n1. The van der Waals surface area contributed by atoms with Crippen molar-refractivity contribution in [1.29, 1.82) is 0 Å². The number of amides is 1. The fourth-order valence-electron chi connectivity index (χ4n) is 2.24. The Bertz CT molecular complexity index is 861. The van der Waals surface area contributed by atoms with Crippen molar-refractivity contribution in [1.82, 2.24) is 20.1 Å². The third-order valence-electron chi connectivity index (χ3n) is 3.19. The predicted octanol–water partition coefficient (Wildman–Crippen LogP) is 1.56. The molecule has 0 radical (unpaired) electrons. The zero-order valence-corrected chi connectivity index (χ0v) is 12.5. The minimum atomic E-state index is -0.304. The van der Waals surface area contributed by atoms with E-state index in [1.807, 2.05) is 17.5 Å². The van der Waals surface area contributed by atoms with Crippen LogP contribution in [0.4, 0.5) is 0 Å². The van der Waals surface area contributed by atoms with Gasteiger partial charge in [0, 0.05) is 17.6 Å². The second kappa shape index (κ2) is 5.17. The first kappa shape index (κ1) is 13.6. The molecule has 0 atom stereocenters. The van der Waals surface area contributed by atoms with Crippen molar-refractivity contribution < 1.29 is 4.79 Å². The van der Waals surface area contributed by atoms with Gasteiger partial charge in [0.25, 0.3) is 11.5 Å². The van der Waals surface area contributed by atoms with Crippen LogP contribution < -0.4 is 10.9 Å². The Balaban J connectivity index is 1.99. The van der Waals surface area contributed by atoms with E-state index in [0.717, 1.165) is 4.88 Å². The number of hydrogen-bond donors (Lipinski definition) is 2. The molecule has 0 aliphatic heterocycles. The van der Waals surface area contributed by atoms with Gasteiger partial charge in [0.15, 0.2) is 5.65 Å². The lowest BCUT2D eigenvalue weighted by Crippen LogP contribution is -2.24. The maximum absolute atomic E-state index is 12.4. The summed E-state index contributed by atoms with van der Waals surface area (Å²) >= 11 is 1.58. The molecule has 0 fully saturated rings. The van der Waals surface area contributed by atoms with Crippen molar-refractivity contribution in [2.75, 3.05) is 0 Å². The third-order valence-corrected chi connectivity index (χ3v) is 4.07. The number of H-pyrrole nitrogens is 1. The van der Waals surface area contributed by atoms with E-state index in [9.17, 15) is 9.59 Å². The van der Waals surface area contributed by atoms with E-state index in [4.69, 9.17) is 0 Å². The van der Waals surface area contributed by atoms with Crippen LogP contribution in [0.2, 0.25) is 0 Å². The minimum absolute atomic E-state index is 0.268. The second-order valence-corrected chi connectivity index (χ2v) is 5.80. The Morgan fingerprint density at radius 3 is 3.05 bits per heavy atom. The van der Waals surface area contributed by atoms with Gasteiger partial charge in [-0.3, -0.25) is 19.4 Å². The van der Waals surface area contributed by atoms with Crippen LogP contribution >= 0.6 is 11.3 Å². The summed E-state index contributed by atoms with van der Waals surface area (Å²) in [5.74, 6) is -0.268. The Hall–Kier alpha value is -2.41. The summed E-state index contributed by atoms with van der Waals surface area (Å²) in [4.78, 5) is 29.7. The number of nitrogens with one attached hydrogen (secondary N) is 2. The Morgan fingerprint density at radius 2 is 2.33 bits per heavy atom. The summed E-state index contributed by atoms with van der Waals surface area (Å²) in [7, 11) is 1.70. The largest absolute Gasteiger partial charge is 0.347 e. The molecule has 108 valence electrons. The molecule has 2 N–H and O–H groups in total. The first-order chi connectivity index (χ1) is 10.1. The lowest BCUT2D eigenvalue weighted by molar-refractivity contribution is 0.0952. The van der Waals surface area contributed by atoms with E-state index in [2.05, 4.69) is 15.4 Å². The molecule has 0 aromatic carbocycles. The van der Waals surface area contributed by atoms with Gasteiger partial charge in [0.05, 0.1) is 17.5 Å². The fraction of sp³-hybridized carbons (Fsp3) is 0.214. The molecule has 7 heteroatoms. The third kappa shape index (κ3) is 2.47. The minimum Gasteiger partial charge on any atom is -0.347 e. The summed E-state index contributed by atoms with van der Waals surface area (Å²) in [5, 5.41) is 7.75. The van der Waals surface area contributed by atoms with Crippen LogP contribution in [0.25, 0.3) is 11.0 Å². The van der Waals surface area contributed by atoms with Crippen molar-refractivity contribution in [3.63, 3.8) is 0 Å². The maximum Gasteiger partial charge on any atom is 0.274 e. The molecule has 0 spiro atoms. The highest BCUT2D eigenvalue weighted by molar-refractivity contribution is 7.09. The molecule has 0 saturated heterocycles. The number of nitrogens with zero attached hydrogens (tertiary/aromatic N) is 2. The number of fused-ring (bicyclic) bond motifs is 1. The molecular formula is C14H14N4O2S. The van der Waals surface area contributed by atoms with Crippen molar-refractivity contribution in [3.8, 4) is 0 Å². The fourth-order valence-corrected chi connectivity index (χ4v) is 2.88. The van der Waals surface area contributed by atoms with Crippen molar-refractivity contribution in [2.45, 2.75) is 13.5 Å². The zero-order chi connectivity index (χ0) is 15.0. The first-order valence-electron chi connectivity index (χ1n) is 6.43. The van der Waals surface area contributed by atoms with Crippen LogP contribution in [0.3, 0.4) is 0 Å². The lowest BCUT2D eigenvalue weighted by atomic mass is 10.1. The molecule has 3 heterocycles. The highest BCUT2D eigenvalue weighted by Crippen LogP contribution is 2.15. The van der Waals surface area contributed by atoms with E-state index in [1.165, 1.54) is 4.68 Å². The van der Waals surface area contributed by atoms with Crippen molar-refractivity contribution >= 4 is 28.3 Å². The average Bonchev–Trinajstić information content (AvgIpc) is 3.05. The van der Waals surface area contributed by atoms with Crippen LogP contribution in [0.1, 0.15) is 20.9 Å². The molecular weight excluding hydrogens is 288 g/mol. The maximum atomic E-state index is 12.4. The summed E-state index contributed by atoms with van der Waals surface area (Å²) in [6.45, 7) is 2.25. The van der Waals surface area contributed by atoms with Crippen LogP contribution in [-0.2, 0) is 13.6 Å². The van der Waals surface area contributed by atoms with Gasteiger partial charge in [-0.2, -0.15) is 0 Å². The number of aromatic nitrogens is 3. The smallest absolute Gasteiger partial charge is 0.274 e. The van der Waals surface area contributed by atoms with Crippen LogP contribution in [0.15, 0.2) is 28.4 Å². The van der Waals surface area contributed by atoms with Gasteiger partial charge >= 0.3 is 0 Å². The molecule has 0 aliphatic rings. The van der Waals surface area contributed by atoms with Crippen molar-refractivity contribution in [3.05, 3.63) is 50.1 Å². The van der Waals surface area contributed by atoms with E-state index >= 15 is 0 Å². The van der Waals surface area contributed by atoms with Gasteiger partial charge in [-0.1, -0.05) is 6.07 Å². The Labute approximate surface area is 124 Å². The van der Waals surface area contributed by atoms with Gasteiger partial charge in [0.1, 0.15) is 0 Å². The number of carbonyl (C=O) groups excluding carboxylic acids is 1. The Kier molecular flexibility index (Phi) is 3.34. The van der Waals surface area contributed by atoms with E-state index in [-0.39, 0.29) is 11.5 Å². The van der Waals surface area contributed by atoms with E-state index in [1.54, 1.807) is 31.4 Å². The number of hydrogen-bond acceptors (Lipinski definition) is 4. The monoisotopic (exact) mass is 302 g/mol. The molecule has 1 amide bonds. The molecule has 3 aromatic rings. The molecule has 0 saturated carbocycles. The standard InChI is InChI=1S/C14H14N4O2S/c1-8-6-10(11-12(16-8)18(2)17-14(11)20)13(19)15-7-9-4-3-5-21-9/h3-6H,7H2,1-2H3,(H,15,19)(H,17,20). The molecule has 6 nitrogen and oxygen atoms in total. The normalized spacial score (nSPS) is 11.0. The molecule has 3 aromatic heterocycles. The number of thiophene rings is 1. The topological polar surface area (TPSA) is 79.8 Å². The summed E-state index contributed by atoms with van der Waals surface area (Å²) < 4.78 is 1.53. The van der Waals surface area contributed by atoms with Crippen LogP contribution in [0.5, 0.6) is 0 Å². The number of aromatic amines is 1. The van der Waals surface area contributed by atoms with Gasteiger partial charge in [-0.25, -0.2) is 4.98 Å². The van der Waals surface area contributed by atoms with Gasteiger partial charge in [-0.05, 0) is 24.4 Å². The summed E-state index contributed by atoms with van der Waals surface area (Å²) in [6, 6.07) is 5.53.